The van der Waals surface area contributed by atoms with Crippen LogP contribution in [0.15, 0.2) is 60.7 Å². The van der Waals surface area contributed by atoms with Gasteiger partial charge in [-0.1, -0.05) is 60.7 Å². The molecule has 17 heavy (non-hydrogen) atoms. The highest BCUT2D eigenvalue weighted by atomic mass is 16.2. The van der Waals surface area contributed by atoms with Crippen molar-refractivity contribution in [2.45, 2.75) is 6.42 Å². The lowest BCUT2D eigenvalue weighted by Crippen LogP contribution is -1.88. The van der Waals surface area contributed by atoms with Gasteiger partial charge in [-0.25, -0.2) is 0 Å². The summed E-state index contributed by atoms with van der Waals surface area (Å²) in [6.45, 7) is 0.240. The van der Waals surface area contributed by atoms with E-state index >= 15 is 0 Å². The molecule has 2 aromatic rings. The zero-order chi connectivity index (χ0) is 12.3. The van der Waals surface area contributed by atoms with Gasteiger partial charge in [0.2, 0.25) is 0 Å². The number of hydrogen-bond acceptors (Lipinski definition) is 2. The van der Waals surface area contributed by atoms with Crippen LogP contribution in [-0.2, 0) is 6.42 Å². The zero-order valence-electron chi connectivity index (χ0n) is 9.62. The van der Waals surface area contributed by atoms with Crippen LogP contribution in [0.4, 0.5) is 0 Å². The molecular weight excluding hydrogens is 212 g/mol. The molecule has 2 heteroatoms. The molecule has 0 amide bonds. The molecule has 0 fully saturated rings. The molecule has 0 heterocycles. The van der Waals surface area contributed by atoms with Crippen LogP contribution in [0.1, 0.15) is 15.9 Å². The number of rotatable bonds is 3. The molecule has 2 nitrogen and oxygen atoms in total. The molecule has 0 aliphatic carbocycles. The van der Waals surface area contributed by atoms with Crippen molar-refractivity contribution >= 4 is 6.29 Å². The first-order chi connectivity index (χ1) is 8.36. The van der Waals surface area contributed by atoms with E-state index in [9.17, 15) is 4.79 Å². The molecule has 0 radical (unpaired) electrons. The fourth-order valence-electron chi connectivity index (χ4n) is 1.31. The predicted octanol–water partition coefficient (Wildman–Crippen LogP) is 2.72. The van der Waals surface area contributed by atoms with E-state index in [1.54, 1.807) is 12.1 Å². The smallest absolute Gasteiger partial charge is 0.150 e. The second kappa shape index (κ2) is 8.25. The summed E-state index contributed by atoms with van der Waals surface area (Å²) in [5, 5.41) is 8.52. The second-order valence-corrected chi connectivity index (χ2v) is 3.49. The highest BCUT2D eigenvalue weighted by Crippen LogP contribution is 1.97. The number of hydrogen-bond donors (Lipinski definition) is 1. The van der Waals surface area contributed by atoms with Gasteiger partial charge < -0.3 is 5.11 Å². The van der Waals surface area contributed by atoms with Crippen LogP contribution in [-0.4, -0.2) is 18.0 Å². The van der Waals surface area contributed by atoms with Crippen molar-refractivity contribution in [1.29, 1.82) is 0 Å². The number of benzene rings is 2. The van der Waals surface area contributed by atoms with Gasteiger partial charge in [-0.15, -0.1) is 0 Å². The van der Waals surface area contributed by atoms with Gasteiger partial charge in [0, 0.05) is 12.2 Å². The molecule has 1 N–H and O–H groups in total. The van der Waals surface area contributed by atoms with E-state index in [2.05, 4.69) is 0 Å². The van der Waals surface area contributed by atoms with Gasteiger partial charge in [-0.2, -0.15) is 0 Å². The largest absolute Gasteiger partial charge is 0.396 e. The fourth-order valence-corrected chi connectivity index (χ4v) is 1.31. The molecular formula is C15H16O2. The zero-order valence-corrected chi connectivity index (χ0v) is 9.62. The molecule has 0 aliphatic rings. The minimum absolute atomic E-state index is 0.240. The number of carbonyl (C=O) groups is 1. The van der Waals surface area contributed by atoms with Crippen LogP contribution >= 0.6 is 0 Å². The molecule has 2 aromatic carbocycles. The van der Waals surface area contributed by atoms with Crippen LogP contribution in [0.25, 0.3) is 0 Å². The second-order valence-electron chi connectivity index (χ2n) is 3.49. The van der Waals surface area contributed by atoms with Gasteiger partial charge in [0.1, 0.15) is 6.29 Å². The summed E-state index contributed by atoms with van der Waals surface area (Å²) in [6, 6.07) is 19.0. The van der Waals surface area contributed by atoms with Gasteiger partial charge in [0.25, 0.3) is 0 Å². The number of carbonyl (C=O) groups excluding carboxylic acids is 1. The van der Waals surface area contributed by atoms with Crippen LogP contribution in [0.5, 0.6) is 0 Å². The Kier molecular flexibility index (Phi) is 6.37. The Labute approximate surface area is 102 Å². The minimum Gasteiger partial charge on any atom is -0.396 e. The molecule has 0 bridgehead atoms. The highest BCUT2D eigenvalue weighted by molar-refractivity contribution is 5.74. The van der Waals surface area contributed by atoms with Crippen molar-refractivity contribution < 1.29 is 9.90 Å². The quantitative estimate of drug-likeness (QED) is 0.820. The maximum absolute atomic E-state index is 10.0. The summed E-state index contributed by atoms with van der Waals surface area (Å²) in [5.41, 5.74) is 1.92. The van der Waals surface area contributed by atoms with Crippen molar-refractivity contribution in [3.8, 4) is 0 Å². The average Bonchev–Trinajstić information content (AvgIpc) is 2.42. The topological polar surface area (TPSA) is 37.3 Å². The summed E-state index contributed by atoms with van der Waals surface area (Å²) in [6.07, 6.45) is 1.60. The van der Waals surface area contributed by atoms with Gasteiger partial charge in [0.15, 0.2) is 0 Å². The van der Waals surface area contributed by atoms with E-state index < -0.39 is 0 Å². The first kappa shape index (κ1) is 13.1. The molecule has 0 saturated heterocycles. The van der Waals surface area contributed by atoms with E-state index in [0.717, 1.165) is 18.3 Å². The Morgan fingerprint density at radius 3 is 1.82 bits per heavy atom. The monoisotopic (exact) mass is 228 g/mol. The molecule has 0 aliphatic heterocycles. The van der Waals surface area contributed by atoms with Gasteiger partial charge in [-0.05, 0) is 12.0 Å². The van der Waals surface area contributed by atoms with Crippen LogP contribution < -0.4 is 0 Å². The Bertz CT molecular complexity index is 409. The van der Waals surface area contributed by atoms with Gasteiger partial charge >= 0.3 is 0 Å². The maximum Gasteiger partial charge on any atom is 0.150 e. The summed E-state index contributed by atoms with van der Waals surface area (Å²) in [5.74, 6) is 0. The summed E-state index contributed by atoms with van der Waals surface area (Å²) in [7, 11) is 0. The van der Waals surface area contributed by atoms with Crippen LogP contribution in [0.3, 0.4) is 0 Å². The molecule has 0 saturated carbocycles. The minimum atomic E-state index is 0.240. The molecule has 0 unspecified atom stereocenters. The molecule has 0 spiro atoms. The van der Waals surface area contributed by atoms with Crippen LogP contribution in [0.2, 0.25) is 0 Å². The first-order valence-corrected chi connectivity index (χ1v) is 5.52. The van der Waals surface area contributed by atoms with E-state index in [-0.39, 0.29) is 6.61 Å². The Hall–Kier alpha value is -1.93. The normalized spacial score (nSPS) is 9.00. The van der Waals surface area contributed by atoms with Crippen molar-refractivity contribution in [1.82, 2.24) is 0 Å². The highest BCUT2D eigenvalue weighted by Gasteiger charge is 1.85. The van der Waals surface area contributed by atoms with Crippen molar-refractivity contribution in [3.63, 3.8) is 0 Å². The lowest BCUT2D eigenvalue weighted by molar-refractivity contribution is 0.112. The molecule has 0 aromatic heterocycles. The predicted molar refractivity (Wildman–Crippen MR) is 69.1 cm³/mol. The third kappa shape index (κ3) is 5.64. The maximum atomic E-state index is 10.0. The number of aliphatic hydroxyl groups is 1. The third-order valence-electron chi connectivity index (χ3n) is 2.18. The first-order valence-electron chi connectivity index (χ1n) is 5.52. The Morgan fingerprint density at radius 1 is 0.882 bits per heavy atom. The van der Waals surface area contributed by atoms with Gasteiger partial charge in [0.05, 0.1) is 0 Å². The Morgan fingerprint density at radius 2 is 1.41 bits per heavy atom. The Balaban J connectivity index is 0.000000171. The van der Waals surface area contributed by atoms with Crippen molar-refractivity contribution in [2.24, 2.45) is 0 Å². The summed E-state index contributed by atoms with van der Waals surface area (Å²) in [4.78, 5) is 10.0. The van der Waals surface area contributed by atoms with E-state index in [0.29, 0.717) is 0 Å². The molecule has 88 valence electrons. The standard InChI is InChI=1S/C8H10O.C7H6O/c9-7-6-8-4-2-1-3-5-8;8-6-7-4-2-1-3-5-7/h1-5,9H,6-7H2;1-6H. The van der Waals surface area contributed by atoms with E-state index in [1.807, 2.05) is 48.5 Å². The van der Waals surface area contributed by atoms with Crippen molar-refractivity contribution in [2.75, 3.05) is 6.61 Å². The van der Waals surface area contributed by atoms with Crippen LogP contribution in [0, 0.1) is 0 Å². The fraction of sp³-hybridized carbons (Fsp3) is 0.133. The third-order valence-corrected chi connectivity index (χ3v) is 2.18. The SMILES string of the molecule is O=Cc1ccccc1.OCCc1ccccc1. The van der Waals surface area contributed by atoms with Gasteiger partial charge in [-0.3, -0.25) is 4.79 Å². The molecule has 2 rings (SSSR count). The summed E-state index contributed by atoms with van der Waals surface area (Å²) >= 11 is 0. The number of aliphatic hydroxyl groups excluding tert-OH is 1. The average molecular weight is 228 g/mol. The van der Waals surface area contributed by atoms with E-state index in [4.69, 9.17) is 5.11 Å². The number of aldehydes is 1. The summed E-state index contributed by atoms with van der Waals surface area (Å²) < 4.78 is 0. The molecule has 0 atom stereocenters. The lowest BCUT2D eigenvalue weighted by atomic mass is 10.2. The van der Waals surface area contributed by atoms with E-state index in [1.165, 1.54) is 5.56 Å². The lowest BCUT2D eigenvalue weighted by Gasteiger charge is -1.93. The van der Waals surface area contributed by atoms with Crippen molar-refractivity contribution in [3.05, 3.63) is 71.8 Å².